The van der Waals surface area contributed by atoms with Crippen LogP contribution in [0, 0.1) is 6.92 Å². The molecule has 0 heterocycles. The first kappa shape index (κ1) is 20.8. The zero-order valence-corrected chi connectivity index (χ0v) is 16.1. The Morgan fingerprint density at radius 3 is 2.32 bits per heavy atom. The molecule has 25 heavy (non-hydrogen) atoms. The summed E-state index contributed by atoms with van der Waals surface area (Å²) in [4.78, 5) is 11.2. The summed E-state index contributed by atoms with van der Waals surface area (Å²) in [5, 5.41) is 9.19. The highest BCUT2D eigenvalue weighted by atomic mass is 16.5. The molecule has 0 atom stereocenters. The first-order chi connectivity index (χ1) is 12.1. The molecule has 3 nitrogen and oxygen atoms in total. The topological polar surface area (TPSA) is 46.5 Å². The molecule has 2 rings (SSSR count). The van der Waals surface area contributed by atoms with Crippen LogP contribution in [0.15, 0.2) is 36.4 Å². The van der Waals surface area contributed by atoms with Crippen LogP contribution in [0.2, 0.25) is 0 Å². The van der Waals surface area contributed by atoms with Crippen molar-refractivity contribution in [2.24, 2.45) is 0 Å². The minimum absolute atomic E-state index is 0.344. The normalized spacial score (nSPS) is 9.96. The molecule has 0 aliphatic heterocycles. The largest absolute Gasteiger partial charge is 0.493 e. The van der Waals surface area contributed by atoms with Gasteiger partial charge < -0.3 is 9.84 Å². The average Bonchev–Trinajstić information content (AvgIpc) is 2.62. The number of aryl methyl sites for hydroxylation is 2. The van der Waals surface area contributed by atoms with Crippen LogP contribution in [-0.4, -0.2) is 17.7 Å². The Morgan fingerprint density at radius 2 is 1.76 bits per heavy atom. The summed E-state index contributed by atoms with van der Waals surface area (Å²) in [6.07, 6.45) is 2.83. The molecule has 0 spiro atoms. The van der Waals surface area contributed by atoms with Crippen molar-refractivity contribution < 1.29 is 14.6 Å². The average molecular weight is 342 g/mol. The molecule has 0 radical (unpaired) electrons. The van der Waals surface area contributed by atoms with Gasteiger partial charge in [-0.05, 0) is 66.3 Å². The molecule has 0 unspecified atom stereocenters. The summed E-state index contributed by atoms with van der Waals surface area (Å²) in [5.41, 5.74) is 4.72. The van der Waals surface area contributed by atoms with Gasteiger partial charge in [0.1, 0.15) is 5.75 Å². The second-order valence-electron chi connectivity index (χ2n) is 5.76. The van der Waals surface area contributed by atoms with Gasteiger partial charge in [0.15, 0.2) is 0 Å². The van der Waals surface area contributed by atoms with E-state index in [0.717, 1.165) is 47.3 Å². The third-order valence-corrected chi connectivity index (χ3v) is 3.82. The lowest BCUT2D eigenvalue weighted by atomic mass is 9.94. The number of carboxylic acid groups (broad SMARTS) is 1. The van der Waals surface area contributed by atoms with Crippen molar-refractivity contribution in [3.05, 3.63) is 53.1 Å². The Bertz CT molecular complexity index is 690. The van der Waals surface area contributed by atoms with Gasteiger partial charge in [-0.25, -0.2) is 4.79 Å². The van der Waals surface area contributed by atoms with Crippen LogP contribution in [0.4, 0.5) is 0 Å². The standard InChI is InChI=1S/C20H24O3.C2H6/c1-4-6-15-13-17(20(21)22)7-9-18(15)16-8-10-19(14(3)12-16)23-11-5-2;1-2/h7-10,12-13H,4-6,11H2,1-3H3,(H,21,22);1-2H3. The van der Waals surface area contributed by atoms with Crippen molar-refractivity contribution >= 4 is 5.97 Å². The maximum Gasteiger partial charge on any atom is 0.335 e. The number of carbonyl (C=O) groups is 1. The SMILES string of the molecule is CC.CCCOc1ccc(-c2ccc(C(=O)O)cc2CCC)cc1C. The van der Waals surface area contributed by atoms with E-state index in [0.29, 0.717) is 12.2 Å². The van der Waals surface area contributed by atoms with Crippen molar-refractivity contribution in [2.45, 2.75) is 53.9 Å². The van der Waals surface area contributed by atoms with Crippen molar-refractivity contribution in [3.63, 3.8) is 0 Å². The number of ether oxygens (including phenoxy) is 1. The zero-order valence-electron chi connectivity index (χ0n) is 16.1. The Labute approximate surface area is 151 Å². The van der Waals surface area contributed by atoms with Gasteiger partial charge in [0.05, 0.1) is 12.2 Å². The summed E-state index contributed by atoms with van der Waals surface area (Å²) in [6.45, 7) is 10.9. The van der Waals surface area contributed by atoms with E-state index in [1.165, 1.54) is 0 Å². The number of rotatable bonds is 7. The lowest BCUT2D eigenvalue weighted by Crippen LogP contribution is -2.00. The second kappa shape index (κ2) is 10.5. The number of aromatic carboxylic acids is 1. The van der Waals surface area contributed by atoms with Crippen molar-refractivity contribution in [2.75, 3.05) is 6.61 Å². The molecule has 0 aromatic heterocycles. The third-order valence-electron chi connectivity index (χ3n) is 3.82. The Morgan fingerprint density at radius 1 is 1.04 bits per heavy atom. The second-order valence-corrected chi connectivity index (χ2v) is 5.76. The highest BCUT2D eigenvalue weighted by Gasteiger charge is 2.11. The molecule has 0 aliphatic rings. The maximum absolute atomic E-state index is 11.2. The Kier molecular flexibility index (Phi) is 8.76. The van der Waals surface area contributed by atoms with Gasteiger partial charge in [0.25, 0.3) is 0 Å². The monoisotopic (exact) mass is 342 g/mol. The molecule has 2 aromatic carbocycles. The first-order valence-corrected chi connectivity index (χ1v) is 9.16. The van der Waals surface area contributed by atoms with Gasteiger partial charge in [-0.15, -0.1) is 0 Å². The molecule has 3 heteroatoms. The molecular formula is C22H30O3. The van der Waals surface area contributed by atoms with Crippen LogP contribution in [0.5, 0.6) is 5.75 Å². The highest BCUT2D eigenvalue weighted by molar-refractivity contribution is 5.89. The van der Waals surface area contributed by atoms with E-state index in [-0.39, 0.29) is 0 Å². The van der Waals surface area contributed by atoms with Gasteiger partial charge in [0, 0.05) is 0 Å². The van der Waals surface area contributed by atoms with Crippen LogP contribution in [-0.2, 0) is 6.42 Å². The maximum atomic E-state index is 11.2. The molecule has 0 amide bonds. The van der Waals surface area contributed by atoms with Gasteiger partial charge in [-0.3, -0.25) is 0 Å². The molecule has 2 aromatic rings. The van der Waals surface area contributed by atoms with Crippen LogP contribution in [0.25, 0.3) is 11.1 Å². The third kappa shape index (κ3) is 5.63. The zero-order chi connectivity index (χ0) is 18.8. The fourth-order valence-corrected chi connectivity index (χ4v) is 2.68. The number of benzene rings is 2. The van der Waals surface area contributed by atoms with Crippen molar-refractivity contribution in [3.8, 4) is 16.9 Å². The molecule has 0 saturated heterocycles. The Balaban J connectivity index is 0.00000151. The summed E-state index contributed by atoms with van der Waals surface area (Å²) in [7, 11) is 0. The van der Waals surface area contributed by atoms with Gasteiger partial charge in [-0.1, -0.05) is 46.2 Å². The van der Waals surface area contributed by atoms with E-state index < -0.39 is 5.97 Å². The van der Waals surface area contributed by atoms with Crippen LogP contribution in [0.3, 0.4) is 0 Å². The molecule has 0 fully saturated rings. The molecule has 1 N–H and O–H groups in total. The Hall–Kier alpha value is -2.29. The van der Waals surface area contributed by atoms with Crippen LogP contribution < -0.4 is 4.74 Å². The van der Waals surface area contributed by atoms with Gasteiger partial charge in [-0.2, -0.15) is 0 Å². The van der Waals surface area contributed by atoms with Gasteiger partial charge >= 0.3 is 5.97 Å². The first-order valence-electron chi connectivity index (χ1n) is 9.16. The molecular weight excluding hydrogens is 312 g/mol. The molecule has 0 saturated carbocycles. The minimum atomic E-state index is -0.881. The predicted molar refractivity (Wildman–Crippen MR) is 105 cm³/mol. The van der Waals surface area contributed by atoms with E-state index in [2.05, 4.69) is 19.9 Å². The van der Waals surface area contributed by atoms with Gasteiger partial charge in [0.2, 0.25) is 0 Å². The van der Waals surface area contributed by atoms with Crippen LogP contribution in [0.1, 0.15) is 62.0 Å². The predicted octanol–water partition coefficient (Wildman–Crippen LogP) is 6.13. The van der Waals surface area contributed by atoms with Crippen molar-refractivity contribution in [1.82, 2.24) is 0 Å². The quantitative estimate of drug-likeness (QED) is 0.658. The number of hydrogen-bond acceptors (Lipinski definition) is 2. The summed E-state index contributed by atoms with van der Waals surface area (Å²) < 4.78 is 5.73. The lowest BCUT2D eigenvalue weighted by Gasteiger charge is -2.13. The van der Waals surface area contributed by atoms with E-state index in [1.54, 1.807) is 12.1 Å². The molecule has 0 aliphatic carbocycles. The summed E-state index contributed by atoms with van der Waals surface area (Å²) >= 11 is 0. The highest BCUT2D eigenvalue weighted by Crippen LogP contribution is 2.30. The fourth-order valence-electron chi connectivity index (χ4n) is 2.68. The van der Waals surface area contributed by atoms with Crippen LogP contribution >= 0.6 is 0 Å². The van der Waals surface area contributed by atoms with Crippen molar-refractivity contribution in [1.29, 1.82) is 0 Å². The van der Waals surface area contributed by atoms with E-state index in [1.807, 2.05) is 39.0 Å². The molecule has 0 bridgehead atoms. The van der Waals surface area contributed by atoms with E-state index >= 15 is 0 Å². The van der Waals surface area contributed by atoms with E-state index in [9.17, 15) is 9.90 Å². The van der Waals surface area contributed by atoms with E-state index in [4.69, 9.17) is 4.74 Å². The smallest absolute Gasteiger partial charge is 0.335 e. The number of hydrogen-bond donors (Lipinski definition) is 1. The minimum Gasteiger partial charge on any atom is -0.493 e. The summed E-state index contributed by atoms with van der Waals surface area (Å²) in [6, 6.07) is 11.5. The lowest BCUT2D eigenvalue weighted by molar-refractivity contribution is 0.0697. The fraction of sp³-hybridized carbons (Fsp3) is 0.409. The summed E-state index contributed by atoms with van der Waals surface area (Å²) in [5.74, 6) is 0.0307. The molecule has 136 valence electrons. The number of carboxylic acids is 1.